The van der Waals surface area contributed by atoms with Crippen LogP contribution in [0.25, 0.3) is 11.3 Å². The summed E-state index contributed by atoms with van der Waals surface area (Å²) >= 11 is 0. The highest BCUT2D eigenvalue weighted by Crippen LogP contribution is 2.30. The monoisotopic (exact) mass is 409 g/mol. The fraction of sp³-hybridized carbons (Fsp3) is 0.182. The van der Waals surface area contributed by atoms with Crippen molar-refractivity contribution in [2.24, 2.45) is 11.7 Å². The Labute approximate surface area is 174 Å². The van der Waals surface area contributed by atoms with Gasteiger partial charge in [-0.05, 0) is 56.2 Å². The fourth-order valence-corrected chi connectivity index (χ4v) is 3.14. The Bertz CT molecular complexity index is 1090. The second-order valence-electron chi connectivity index (χ2n) is 6.94. The lowest BCUT2D eigenvalue weighted by Crippen LogP contribution is -2.48. The number of aryl methyl sites for hydroxylation is 3. The maximum Gasteiger partial charge on any atom is 0.350 e. The Hall–Kier alpha value is -3.49. The van der Waals surface area contributed by atoms with Gasteiger partial charge in [-0.2, -0.15) is 0 Å². The predicted octanol–water partition coefficient (Wildman–Crippen LogP) is 3.66. The number of hydrogen-bond donors (Lipinski definition) is 3. The molecular formula is C22H24FN5O2. The number of anilines is 1. The van der Waals surface area contributed by atoms with Crippen LogP contribution < -0.4 is 26.9 Å². The van der Waals surface area contributed by atoms with Crippen molar-refractivity contribution in [3.05, 3.63) is 76.7 Å². The molecule has 0 aliphatic heterocycles. The molecule has 0 fully saturated rings. The van der Waals surface area contributed by atoms with E-state index in [1.165, 1.54) is 6.07 Å². The van der Waals surface area contributed by atoms with Crippen LogP contribution >= 0.6 is 0 Å². The van der Waals surface area contributed by atoms with Gasteiger partial charge in [0, 0.05) is 22.9 Å². The van der Waals surface area contributed by atoms with Gasteiger partial charge in [0.25, 0.3) is 0 Å². The maximum atomic E-state index is 14.8. The lowest BCUT2D eigenvalue weighted by Gasteiger charge is -2.21. The molecule has 1 heterocycles. The molecule has 7 nitrogen and oxygen atoms in total. The Balaban J connectivity index is 1.88. The van der Waals surface area contributed by atoms with Crippen LogP contribution in [0.15, 0.2) is 48.5 Å². The molecule has 0 unspecified atom stereocenters. The van der Waals surface area contributed by atoms with E-state index >= 15 is 0 Å². The topological polar surface area (TPSA) is 106 Å². The lowest BCUT2D eigenvalue weighted by atomic mass is 10.1. The van der Waals surface area contributed by atoms with Crippen molar-refractivity contribution in [1.29, 1.82) is 0 Å². The van der Waals surface area contributed by atoms with Gasteiger partial charge in [0.2, 0.25) is 0 Å². The molecular weight excluding hydrogens is 385 g/mol. The first-order valence-electron chi connectivity index (χ1n) is 9.32. The Kier molecular flexibility index (Phi) is 6.29. The van der Waals surface area contributed by atoms with E-state index in [9.17, 15) is 9.18 Å². The molecule has 0 saturated carbocycles. The Morgan fingerprint density at radius 3 is 2.57 bits per heavy atom. The number of carbonyl (C=O) groups excluding carboxylic acids is 1. The normalized spacial score (nSPS) is 10.6. The Morgan fingerprint density at radius 1 is 1.13 bits per heavy atom. The van der Waals surface area contributed by atoms with E-state index in [4.69, 9.17) is 16.4 Å². The molecule has 0 radical (unpaired) electrons. The minimum absolute atomic E-state index is 0.0931. The molecule has 8 heteroatoms. The quantitative estimate of drug-likeness (QED) is 0.339. The number of nitrogens with one attached hydrogen (secondary N) is 1. The van der Waals surface area contributed by atoms with Crippen LogP contribution in [0.2, 0.25) is 0 Å². The van der Waals surface area contributed by atoms with E-state index in [2.05, 4.69) is 4.98 Å². The average molecular weight is 409 g/mol. The lowest BCUT2D eigenvalue weighted by molar-refractivity contribution is 0.246. The number of aromatic nitrogens is 1. The van der Waals surface area contributed by atoms with Gasteiger partial charge < -0.3 is 4.74 Å². The van der Waals surface area contributed by atoms with Crippen molar-refractivity contribution in [3.63, 3.8) is 0 Å². The van der Waals surface area contributed by atoms with Crippen molar-refractivity contribution >= 4 is 11.7 Å². The van der Waals surface area contributed by atoms with E-state index in [-0.39, 0.29) is 6.61 Å². The van der Waals surface area contributed by atoms with Gasteiger partial charge in [0.15, 0.2) is 0 Å². The van der Waals surface area contributed by atoms with Crippen LogP contribution in [0, 0.1) is 26.6 Å². The summed E-state index contributed by atoms with van der Waals surface area (Å²) in [6.07, 6.45) is 0. The molecule has 0 atom stereocenters. The minimum Gasteiger partial charge on any atom is -0.488 e. The second kappa shape index (κ2) is 8.89. The van der Waals surface area contributed by atoms with Gasteiger partial charge in [-0.15, -0.1) is 0 Å². The molecule has 1 aromatic heterocycles. The van der Waals surface area contributed by atoms with E-state index < -0.39 is 11.8 Å². The highest BCUT2D eigenvalue weighted by atomic mass is 19.1. The molecule has 3 aromatic rings. The van der Waals surface area contributed by atoms with Gasteiger partial charge in [-0.3, -0.25) is 10.4 Å². The number of halogens is 1. The summed E-state index contributed by atoms with van der Waals surface area (Å²) in [6.45, 7) is 5.66. The zero-order valence-corrected chi connectivity index (χ0v) is 17.1. The largest absolute Gasteiger partial charge is 0.488 e. The van der Waals surface area contributed by atoms with E-state index in [1.807, 2.05) is 44.4 Å². The van der Waals surface area contributed by atoms with Gasteiger partial charge >= 0.3 is 6.03 Å². The average Bonchev–Trinajstić information content (AvgIpc) is 2.73. The minimum atomic E-state index is -0.668. The number of nitrogens with two attached hydrogens (primary N) is 2. The third kappa shape index (κ3) is 4.40. The fourth-order valence-electron chi connectivity index (χ4n) is 3.14. The molecule has 0 bridgehead atoms. The molecule has 156 valence electrons. The number of hydrazine groups is 2. The standard InChI is InChI=1S/C22H24FN5O2/c1-13-6-4-9-20(28(25)22(29)27-24)17(13)12-30-21-11-18(23)16(10-14(21)2)19-8-5-7-15(3)26-19/h4-11H,12,24-25H2,1-3H3,(H,27,29). The second-order valence-corrected chi connectivity index (χ2v) is 6.94. The van der Waals surface area contributed by atoms with Gasteiger partial charge in [0.05, 0.1) is 11.4 Å². The summed E-state index contributed by atoms with van der Waals surface area (Å²) in [5.41, 5.74) is 6.53. The number of rotatable bonds is 5. The molecule has 5 N–H and O–H groups in total. The summed E-state index contributed by atoms with van der Waals surface area (Å²) in [6, 6.07) is 13.2. The van der Waals surface area contributed by atoms with Gasteiger partial charge in [0.1, 0.15) is 18.2 Å². The van der Waals surface area contributed by atoms with Crippen LogP contribution in [0.1, 0.15) is 22.4 Å². The third-order valence-corrected chi connectivity index (χ3v) is 4.79. The Morgan fingerprint density at radius 2 is 1.87 bits per heavy atom. The summed E-state index contributed by atoms with van der Waals surface area (Å²) in [5, 5.41) is 0.908. The number of nitrogens with zero attached hydrogens (tertiary/aromatic N) is 2. The van der Waals surface area contributed by atoms with E-state index in [0.717, 1.165) is 21.8 Å². The molecule has 3 rings (SSSR count). The van der Waals surface area contributed by atoms with Crippen molar-refractivity contribution in [1.82, 2.24) is 10.4 Å². The highest BCUT2D eigenvalue weighted by Gasteiger charge is 2.17. The van der Waals surface area contributed by atoms with Crippen molar-refractivity contribution in [2.45, 2.75) is 27.4 Å². The molecule has 0 aliphatic carbocycles. The summed E-state index contributed by atoms with van der Waals surface area (Å²) in [7, 11) is 0. The van der Waals surface area contributed by atoms with Crippen molar-refractivity contribution < 1.29 is 13.9 Å². The number of amides is 2. The molecule has 30 heavy (non-hydrogen) atoms. The molecule has 2 aromatic carbocycles. The zero-order chi connectivity index (χ0) is 21.8. The van der Waals surface area contributed by atoms with Crippen molar-refractivity contribution in [3.8, 4) is 17.0 Å². The number of ether oxygens (including phenoxy) is 1. The molecule has 2 amide bonds. The van der Waals surface area contributed by atoms with Gasteiger partial charge in [-0.25, -0.2) is 25.9 Å². The summed E-state index contributed by atoms with van der Waals surface area (Å²) < 4.78 is 20.7. The summed E-state index contributed by atoms with van der Waals surface area (Å²) in [5.74, 6) is 11.0. The van der Waals surface area contributed by atoms with Crippen LogP contribution in [-0.4, -0.2) is 11.0 Å². The van der Waals surface area contributed by atoms with Crippen LogP contribution in [0.4, 0.5) is 14.9 Å². The number of hydrogen-bond acceptors (Lipinski definition) is 5. The van der Waals surface area contributed by atoms with E-state index in [1.54, 1.807) is 24.3 Å². The molecule has 0 aliphatic rings. The number of urea groups is 1. The third-order valence-electron chi connectivity index (χ3n) is 4.79. The molecule has 0 spiro atoms. The molecule has 0 saturated heterocycles. The van der Waals surface area contributed by atoms with Crippen LogP contribution in [0.5, 0.6) is 5.75 Å². The van der Waals surface area contributed by atoms with E-state index in [0.29, 0.717) is 28.3 Å². The SMILES string of the molecule is Cc1cccc(-c2cc(C)c(OCc3c(C)cccc3N(N)C(=O)NN)cc2F)n1. The maximum absolute atomic E-state index is 14.8. The zero-order valence-electron chi connectivity index (χ0n) is 17.1. The number of pyridine rings is 1. The van der Waals surface area contributed by atoms with Gasteiger partial charge in [-0.1, -0.05) is 18.2 Å². The highest BCUT2D eigenvalue weighted by molar-refractivity contribution is 5.91. The summed E-state index contributed by atoms with van der Waals surface area (Å²) in [4.78, 5) is 16.2. The first-order valence-corrected chi connectivity index (χ1v) is 9.32. The smallest absolute Gasteiger partial charge is 0.350 e. The first-order chi connectivity index (χ1) is 14.3. The van der Waals surface area contributed by atoms with Crippen LogP contribution in [-0.2, 0) is 6.61 Å². The van der Waals surface area contributed by atoms with Crippen molar-refractivity contribution in [2.75, 3.05) is 5.01 Å². The predicted molar refractivity (Wildman–Crippen MR) is 114 cm³/mol. The van der Waals surface area contributed by atoms with Crippen LogP contribution in [0.3, 0.4) is 0 Å². The number of carbonyl (C=O) groups is 1. The number of benzene rings is 2. The first kappa shape index (κ1) is 21.2.